The number of carbonyl (C=O) groups is 1. The highest BCUT2D eigenvalue weighted by Crippen LogP contribution is 2.29. The lowest BCUT2D eigenvalue weighted by atomic mass is 10.2. The third kappa shape index (κ3) is 5.34. The summed E-state index contributed by atoms with van der Waals surface area (Å²) < 4.78 is 11.4. The quantitative estimate of drug-likeness (QED) is 0.771. The van der Waals surface area contributed by atoms with Crippen LogP contribution in [0.1, 0.15) is 18.4 Å². The van der Waals surface area contributed by atoms with Crippen LogP contribution < -0.4 is 10.1 Å². The van der Waals surface area contributed by atoms with E-state index in [2.05, 4.69) is 5.32 Å². The first kappa shape index (κ1) is 17.5. The average molecular weight is 358 g/mol. The van der Waals surface area contributed by atoms with Crippen molar-refractivity contribution in [2.75, 3.05) is 18.5 Å². The normalized spacial score (nSPS) is 16.9. The minimum Gasteiger partial charge on any atom is -0.489 e. The Kier molecular flexibility index (Phi) is 6.09. The Hall–Kier alpha value is -2.30. The van der Waals surface area contributed by atoms with Gasteiger partial charge in [0.25, 0.3) is 0 Å². The van der Waals surface area contributed by atoms with Gasteiger partial charge in [-0.2, -0.15) is 0 Å². The van der Waals surface area contributed by atoms with Crippen molar-refractivity contribution in [3.63, 3.8) is 0 Å². The van der Waals surface area contributed by atoms with Gasteiger partial charge in [0.1, 0.15) is 12.4 Å². The van der Waals surface area contributed by atoms with Crippen molar-refractivity contribution < 1.29 is 14.3 Å². The van der Waals surface area contributed by atoms with Gasteiger partial charge < -0.3 is 14.8 Å². The summed E-state index contributed by atoms with van der Waals surface area (Å²) in [5.41, 5.74) is 1.51. The number of anilines is 1. The van der Waals surface area contributed by atoms with Crippen LogP contribution in [0, 0.1) is 0 Å². The van der Waals surface area contributed by atoms with E-state index in [0.717, 1.165) is 25.0 Å². The molecule has 0 aliphatic carbocycles. The number of hydrogen-bond donors (Lipinski definition) is 1. The summed E-state index contributed by atoms with van der Waals surface area (Å²) in [6.07, 6.45) is 5.40. The van der Waals surface area contributed by atoms with Crippen LogP contribution in [-0.4, -0.2) is 25.2 Å². The van der Waals surface area contributed by atoms with Crippen LogP contribution >= 0.6 is 11.6 Å². The molecule has 1 saturated heterocycles. The molecule has 0 spiro atoms. The van der Waals surface area contributed by atoms with E-state index in [0.29, 0.717) is 23.1 Å². The summed E-state index contributed by atoms with van der Waals surface area (Å²) in [7, 11) is 0. The molecule has 5 heteroatoms. The largest absolute Gasteiger partial charge is 0.489 e. The number of benzene rings is 2. The SMILES string of the molecule is O=C(C=Cc1ccccc1)Nc1cc(Cl)ccc1OCC1CCCO1. The summed E-state index contributed by atoms with van der Waals surface area (Å²) >= 11 is 6.05. The van der Waals surface area contributed by atoms with Gasteiger partial charge in [0.15, 0.2) is 0 Å². The molecule has 1 aliphatic heterocycles. The first-order chi connectivity index (χ1) is 12.2. The van der Waals surface area contributed by atoms with Crippen molar-refractivity contribution in [1.82, 2.24) is 0 Å². The fourth-order valence-electron chi connectivity index (χ4n) is 2.59. The maximum atomic E-state index is 12.2. The highest BCUT2D eigenvalue weighted by atomic mass is 35.5. The summed E-state index contributed by atoms with van der Waals surface area (Å²) in [6, 6.07) is 14.8. The Balaban J connectivity index is 1.64. The number of ether oxygens (including phenoxy) is 2. The van der Waals surface area contributed by atoms with Gasteiger partial charge in [-0.05, 0) is 42.7 Å². The van der Waals surface area contributed by atoms with Crippen LogP contribution in [-0.2, 0) is 9.53 Å². The number of amides is 1. The smallest absolute Gasteiger partial charge is 0.248 e. The Bertz CT molecular complexity index is 740. The monoisotopic (exact) mass is 357 g/mol. The van der Waals surface area contributed by atoms with Gasteiger partial charge >= 0.3 is 0 Å². The Morgan fingerprint density at radius 1 is 1.28 bits per heavy atom. The molecule has 1 heterocycles. The Morgan fingerprint density at radius 2 is 2.12 bits per heavy atom. The lowest BCUT2D eigenvalue weighted by Crippen LogP contribution is -2.17. The van der Waals surface area contributed by atoms with Crippen LogP contribution in [0.15, 0.2) is 54.6 Å². The third-order valence-corrected chi connectivity index (χ3v) is 4.11. The van der Waals surface area contributed by atoms with Gasteiger partial charge in [-0.1, -0.05) is 41.9 Å². The number of carbonyl (C=O) groups excluding carboxylic acids is 1. The zero-order chi connectivity index (χ0) is 17.5. The maximum absolute atomic E-state index is 12.2. The molecule has 4 nitrogen and oxygen atoms in total. The van der Waals surface area contributed by atoms with E-state index in [9.17, 15) is 4.79 Å². The first-order valence-electron chi connectivity index (χ1n) is 8.29. The summed E-state index contributed by atoms with van der Waals surface area (Å²) in [5.74, 6) is 0.342. The number of hydrogen-bond acceptors (Lipinski definition) is 3. The summed E-state index contributed by atoms with van der Waals surface area (Å²) in [4.78, 5) is 12.2. The molecule has 1 N–H and O–H groups in total. The topological polar surface area (TPSA) is 47.6 Å². The summed E-state index contributed by atoms with van der Waals surface area (Å²) in [5, 5.41) is 3.36. The molecule has 2 aromatic rings. The standard InChI is InChI=1S/C20H20ClNO3/c21-16-9-10-19(25-14-17-7-4-12-24-17)18(13-16)22-20(23)11-8-15-5-2-1-3-6-15/h1-3,5-6,8-11,13,17H,4,7,12,14H2,(H,22,23). The molecular weight excluding hydrogens is 338 g/mol. The Morgan fingerprint density at radius 3 is 2.88 bits per heavy atom. The molecule has 1 aliphatic rings. The summed E-state index contributed by atoms with van der Waals surface area (Å²) in [6.45, 7) is 1.24. The van der Waals surface area contributed by atoms with Crippen LogP contribution in [0.2, 0.25) is 5.02 Å². The molecule has 0 saturated carbocycles. The van der Waals surface area contributed by atoms with Gasteiger partial charge in [0, 0.05) is 17.7 Å². The molecule has 0 bridgehead atoms. The first-order valence-corrected chi connectivity index (χ1v) is 8.66. The minimum atomic E-state index is -0.243. The van der Waals surface area contributed by atoms with E-state index in [1.807, 2.05) is 30.3 Å². The molecular formula is C20H20ClNO3. The van der Waals surface area contributed by atoms with Crippen molar-refractivity contribution in [3.05, 3.63) is 65.2 Å². The highest BCUT2D eigenvalue weighted by Gasteiger charge is 2.17. The molecule has 1 atom stereocenters. The van der Waals surface area contributed by atoms with Gasteiger partial charge in [-0.15, -0.1) is 0 Å². The molecule has 1 unspecified atom stereocenters. The van der Waals surface area contributed by atoms with Crippen LogP contribution in [0.5, 0.6) is 5.75 Å². The van der Waals surface area contributed by atoms with Crippen molar-refractivity contribution in [3.8, 4) is 5.75 Å². The van der Waals surface area contributed by atoms with Crippen molar-refractivity contribution >= 4 is 29.3 Å². The van der Waals surface area contributed by atoms with Crippen LogP contribution in [0.25, 0.3) is 6.08 Å². The van der Waals surface area contributed by atoms with E-state index in [1.165, 1.54) is 6.08 Å². The predicted octanol–water partition coefficient (Wildman–Crippen LogP) is 4.55. The molecule has 25 heavy (non-hydrogen) atoms. The zero-order valence-corrected chi connectivity index (χ0v) is 14.5. The zero-order valence-electron chi connectivity index (χ0n) is 13.8. The number of rotatable bonds is 6. The van der Waals surface area contributed by atoms with Gasteiger partial charge in [-0.25, -0.2) is 0 Å². The third-order valence-electron chi connectivity index (χ3n) is 3.87. The fourth-order valence-corrected chi connectivity index (χ4v) is 2.77. The molecule has 3 rings (SSSR count). The lowest BCUT2D eigenvalue weighted by Gasteiger charge is -2.15. The average Bonchev–Trinajstić information content (AvgIpc) is 3.14. The molecule has 1 amide bonds. The van der Waals surface area contributed by atoms with E-state index in [-0.39, 0.29) is 12.0 Å². The fraction of sp³-hybridized carbons (Fsp3) is 0.250. The van der Waals surface area contributed by atoms with Crippen LogP contribution in [0.3, 0.4) is 0 Å². The van der Waals surface area contributed by atoms with E-state index in [1.54, 1.807) is 24.3 Å². The van der Waals surface area contributed by atoms with E-state index < -0.39 is 0 Å². The number of nitrogens with one attached hydrogen (secondary N) is 1. The lowest BCUT2D eigenvalue weighted by molar-refractivity contribution is -0.111. The Labute approximate surface area is 152 Å². The van der Waals surface area contributed by atoms with Gasteiger partial charge in [0.05, 0.1) is 11.8 Å². The molecule has 0 aromatic heterocycles. The maximum Gasteiger partial charge on any atom is 0.248 e. The molecule has 0 radical (unpaired) electrons. The predicted molar refractivity (Wildman–Crippen MR) is 100 cm³/mol. The number of halogens is 1. The van der Waals surface area contributed by atoms with E-state index in [4.69, 9.17) is 21.1 Å². The molecule has 2 aromatic carbocycles. The second-order valence-corrected chi connectivity index (χ2v) is 6.26. The molecule has 1 fully saturated rings. The highest BCUT2D eigenvalue weighted by molar-refractivity contribution is 6.31. The van der Waals surface area contributed by atoms with Crippen LogP contribution in [0.4, 0.5) is 5.69 Å². The van der Waals surface area contributed by atoms with Crippen molar-refractivity contribution in [2.45, 2.75) is 18.9 Å². The second-order valence-electron chi connectivity index (χ2n) is 5.82. The van der Waals surface area contributed by atoms with E-state index >= 15 is 0 Å². The molecule has 130 valence electrons. The van der Waals surface area contributed by atoms with Crippen molar-refractivity contribution in [1.29, 1.82) is 0 Å². The van der Waals surface area contributed by atoms with Gasteiger partial charge in [-0.3, -0.25) is 4.79 Å². The minimum absolute atomic E-state index is 0.109. The van der Waals surface area contributed by atoms with Gasteiger partial charge in [0.2, 0.25) is 5.91 Å². The second kappa shape index (κ2) is 8.70. The van der Waals surface area contributed by atoms with Crippen molar-refractivity contribution in [2.24, 2.45) is 0 Å².